The van der Waals surface area contributed by atoms with Crippen LogP contribution in [0.25, 0.3) is 0 Å². The number of nitrogens with two attached hydrogens (primary N) is 1. The summed E-state index contributed by atoms with van der Waals surface area (Å²) in [6, 6.07) is 0. The third-order valence-electron chi connectivity index (χ3n) is 0.232. The quantitative estimate of drug-likeness (QED) is 0.468. The SMILES string of the molecule is C=CC(N)[S]. The Hall–Kier alpha value is 0.0500. The van der Waals surface area contributed by atoms with Gasteiger partial charge in [-0.2, -0.15) is 0 Å². The molecule has 0 aliphatic rings. The van der Waals surface area contributed by atoms with Gasteiger partial charge in [0.2, 0.25) is 0 Å². The van der Waals surface area contributed by atoms with Crippen LogP contribution in [0.3, 0.4) is 0 Å². The highest BCUT2D eigenvalue weighted by molar-refractivity contribution is 7.81. The molecule has 0 aliphatic carbocycles. The van der Waals surface area contributed by atoms with Gasteiger partial charge in [0, 0.05) is 0 Å². The first-order chi connectivity index (χ1) is 2.27. The minimum Gasteiger partial charge on any atom is -0.315 e. The van der Waals surface area contributed by atoms with Gasteiger partial charge in [-0.25, -0.2) is 0 Å². The van der Waals surface area contributed by atoms with Crippen molar-refractivity contribution in [2.75, 3.05) is 0 Å². The van der Waals surface area contributed by atoms with Gasteiger partial charge in [0.05, 0.1) is 5.37 Å². The van der Waals surface area contributed by atoms with Crippen molar-refractivity contribution in [1.29, 1.82) is 0 Å². The van der Waals surface area contributed by atoms with Crippen LogP contribution in [-0.4, -0.2) is 5.37 Å². The molecule has 29 valence electrons. The van der Waals surface area contributed by atoms with E-state index in [9.17, 15) is 0 Å². The lowest BCUT2D eigenvalue weighted by Crippen LogP contribution is -2.05. The predicted octanol–water partition coefficient (Wildman–Crippen LogP) is 0.655. The zero-order chi connectivity index (χ0) is 4.28. The van der Waals surface area contributed by atoms with E-state index in [2.05, 4.69) is 19.2 Å². The van der Waals surface area contributed by atoms with Crippen LogP contribution in [0.15, 0.2) is 12.7 Å². The Morgan fingerprint density at radius 3 is 2.20 bits per heavy atom. The van der Waals surface area contributed by atoms with Crippen molar-refractivity contribution >= 4 is 12.6 Å². The Bertz CT molecular complexity index is 33.9. The molecule has 1 radical (unpaired) electrons. The van der Waals surface area contributed by atoms with Crippen LogP contribution < -0.4 is 5.73 Å². The maximum absolute atomic E-state index is 4.99. The Kier molecular flexibility index (Phi) is 2.32. The van der Waals surface area contributed by atoms with Crippen LogP contribution in [0.2, 0.25) is 0 Å². The molecule has 1 atom stereocenters. The van der Waals surface area contributed by atoms with E-state index in [0.29, 0.717) is 0 Å². The summed E-state index contributed by atoms with van der Waals surface area (Å²) < 4.78 is 0. The lowest BCUT2D eigenvalue weighted by atomic mass is 10.7. The van der Waals surface area contributed by atoms with Gasteiger partial charge >= 0.3 is 0 Å². The average molecular weight is 88.2 g/mol. The maximum Gasteiger partial charge on any atom is 0.0795 e. The molecule has 0 aromatic rings. The van der Waals surface area contributed by atoms with Crippen molar-refractivity contribution in [3.8, 4) is 0 Å². The van der Waals surface area contributed by atoms with Crippen LogP contribution in [0.4, 0.5) is 0 Å². The minimum absolute atomic E-state index is 0.269. The van der Waals surface area contributed by atoms with E-state index < -0.39 is 0 Å². The fourth-order valence-corrected chi connectivity index (χ4v) is 0. The third kappa shape index (κ3) is 4.05. The Morgan fingerprint density at radius 1 is 2.00 bits per heavy atom. The first kappa shape index (κ1) is 5.05. The summed E-state index contributed by atoms with van der Waals surface area (Å²) in [6.07, 6.45) is 1.51. The summed E-state index contributed by atoms with van der Waals surface area (Å²) in [5.74, 6) is 0. The molecule has 2 N–H and O–H groups in total. The van der Waals surface area contributed by atoms with Gasteiger partial charge in [-0.3, -0.25) is 0 Å². The van der Waals surface area contributed by atoms with Gasteiger partial charge in [-0.15, -0.1) is 6.58 Å². The Labute approximate surface area is 37.3 Å². The molecule has 0 aromatic carbocycles. The topological polar surface area (TPSA) is 26.0 Å². The van der Waals surface area contributed by atoms with E-state index in [0.717, 1.165) is 0 Å². The minimum atomic E-state index is -0.269. The molecule has 0 aromatic heterocycles. The maximum atomic E-state index is 4.99. The highest BCUT2D eigenvalue weighted by Gasteiger charge is 1.76. The first-order valence-electron chi connectivity index (χ1n) is 1.31. The Morgan fingerprint density at radius 2 is 2.20 bits per heavy atom. The zero-order valence-electron chi connectivity index (χ0n) is 2.85. The second-order valence-corrected chi connectivity index (χ2v) is 1.24. The van der Waals surface area contributed by atoms with E-state index in [1.54, 1.807) is 0 Å². The van der Waals surface area contributed by atoms with Gasteiger partial charge < -0.3 is 5.73 Å². The van der Waals surface area contributed by atoms with Crippen molar-refractivity contribution in [3.63, 3.8) is 0 Å². The highest BCUT2D eigenvalue weighted by Crippen LogP contribution is 1.79. The number of hydrogen-bond donors (Lipinski definition) is 1. The molecular weight excluding hydrogens is 82.1 g/mol. The fraction of sp³-hybridized carbons (Fsp3) is 0.333. The van der Waals surface area contributed by atoms with Crippen LogP contribution in [-0.2, 0) is 0 Å². The predicted molar refractivity (Wildman–Crippen MR) is 25.8 cm³/mol. The smallest absolute Gasteiger partial charge is 0.0795 e. The molecule has 0 amide bonds. The average Bonchev–Trinajstić information content (AvgIpc) is 1.38. The van der Waals surface area contributed by atoms with Crippen LogP contribution >= 0.6 is 12.6 Å². The summed E-state index contributed by atoms with van der Waals surface area (Å²) in [5, 5.41) is -0.269. The van der Waals surface area contributed by atoms with Crippen LogP contribution in [0.5, 0.6) is 0 Å². The van der Waals surface area contributed by atoms with Gasteiger partial charge in [0.25, 0.3) is 0 Å². The molecule has 0 aliphatic heterocycles. The van der Waals surface area contributed by atoms with Crippen LogP contribution in [0.1, 0.15) is 0 Å². The second-order valence-electron chi connectivity index (χ2n) is 0.700. The fourth-order valence-electron chi connectivity index (χ4n) is 0. The summed E-state index contributed by atoms with van der Waals surface area (Å²) in [6.45, 7) is 3.33. The number of hydrogen-bond acceptors (Lipinski definition) is 1. The van der Waals surface area contributed by atoms with Crippen molar-refractivity contribution in [3.05, 3.63) is 12.7 Å². The molecule has 0 bridgehead atoms. The van der Waals surface area contributed by atoms with Crippen molar-refractivity contribution in [2.45, 2.75) is 5.37 Å². The largest absolute Gasteiger partial charge is 0.315 e. The van der Waals surface area contributed by atoms with E-state index in [1.165, 1.54) is 6.08 Å². The molecule has 2 heteroatoms. The molecular formula is C3H6NS. The van der Waals surface area contributed by atoms with Gasteiger partial charge in [-0.05, 0) is 0 Å². The van der Waals surface area contributed by atoms with E-state index in [1.807, 2.05) is 0 Å². The zero-order valence-corrected chi connectivity index (χ0v) is 3.66. The van der Waals surface area contributed by atoms with Crippen molar-refractivity contribution in [1.82, 2.24) is 0 Å². The van der Waals surface area contributed by atoms with Gasteiger partial charge in [-0.1, -0.05) is 18.7 Å². The molecule has 0 rings (SSSR count). The lowest BCUT2D eigenvalue weighted by Gasteiger charge is -1.83. The summed E-state index contributed by atoms with van der Waals surface area (Å²) in [7, 11) is 0. The highest BCUT2D eigenvalue weighted by atomic mass is 32.1. The standard InChI is InChI=1S/C3H6NS/c1-2-3(4)5/h2-3H,1,4H2. The second kappa shape index (κ2) is 2.30. The molecule has 0 saturated heterocycles. The summed E-state index contributed by atoms with van der Waals surface area (Å²) in [4.78, 5) is 0. The van der Waals surface area contributed by atoms with E-state index in [-0.39, 0.29) is 5.37 Å². The molecule has 0 saturated carbocycles. The van der Waals surface area contributed by atoms with Crippen molar-refractivity contribution < 1.29 is 0 Å². The molecule has 0 fully saturated rings. The normalized spacial score (nSPS) is 14.0. The molecule has 5 heavy (non-hydrogen) atoms. The van der Waals surface area contributed by atoms with Gasteiger partial charge in [0.15, 0.2) is 0 Å². The summed E-state index contributed by atoms with van der Waals surface area (Å²) >= 11 is 4.44. The third-order valence-corrected chi connectivity index (χ3v) is 0.425. The van der Waals surface area contributed by atoms with E-state index >= 15 is 0 Å². The van der Waals surface area contributed by atoms with Crippen LogP contribution in [0, 0.1) is 0 Å². The van der Waals surface area contributed by atoms with Gasteiger partial charge in [0.1, 0.15) is 0 Å². The molecule has 0 spiro atoms. The Balaban J connectivity index is 2.83. The lowest BCUT2D eigenvalue weighted by molar-refractivity contribution is 1.18. The van der Waals surface area contributed by atoms with E-state index in [4.69, 9.17) is 5.73 Å². The molecule has 1 unspecified atom stereocenters. The van der Waals surface area contributed by atoms with Crippen molar-refractivity contribution in [2.24, 2.45) is 5.73 Å². The first-order valence-corrected chi connectivity index (χ1v) is 1.78. The molecule has 0 heterocycles. The number of rotatable bonds is 1. The summed E-state index contributed by atoms with van der Waals surface area (Å²) in [5.41, 5.74) is 4.99. The monoisotopic (exact) mass is 88.0 g/mol. The molecule has 1 nitrogen and oxygen atoms in total.